The third kappa shape index (κ3) is 2.57. The van der Waals surface area contributed by atoms with E-state index >= 15 is 0 Å². The molecule has 90 valence electrons. The summed E-state index contributed by atoms with van der Waals surface area (Å²) < 4.78 is 19.9. The first-order chi connectivity index (χ1) is 8.00. The van der Waals surface area contributed by atoms with E-state index in [4.69, 9.17) is 21.8 Å². The fourth-order valence-electron chi connectivity index (χ4n) is 1.47. The molecule has 0 saturated carbocycles. The molecule has 17 heavy (non-hydrogen) atoms. The molecule has 0 radical (unpaired) electrons. The molecular weight excluding hydrogens is 376 g/mol. The monoisotopic (exact) mass is 381 g/mol. The first kappa shape index (κ1) is 13.1. The summed E-state index contributed by atoms with van der Waals surface area (Å²) in [5, 5.41) is 0.413. The molecule has 0 fully saturated rings. The lowest BCUT2D eigenvalue weighted by Crippen LogP contribution is -2.13. The molecule has 0 aliphatic carbocycles. The van der Waals surface area contributed by atoms with E-state index in [2.05, 4.69) is 31.9 Å². The highest BCUT2D eigenvalue weighted by Crippen LogP contribution is 2.33. The SMILES string of the molecule is NC(c1cc(Cl)c(Br)cc1F)c1ccoc1Br. The maximum atomic E-state index is 13.8. The summed E-state index contributed by atoms with van der Waals surface area (Å²) in [5.41, 5.74) is 6.97. The minimum Gasteiger partial charge on any atom is -0.457 e. The number of benzene rings is 1. The summed E-state index contributed by atoms with van der Waals surface area (Å²) in [5.74, 6) is -0.415. The van der Waals surface area contributed by atoms with E-state index in [-0.39, 0.29) is 0 Å². The molecule has 0 spiro atoms. The zero-order chi connectivity index (χ0) is 12.6. The van der Waals surface area contributed by atoms with Gasteiger partial charge in [0.15, 0.2) is 4.67 Å². The summed E-state index contributed by atoms with van der Waals surface area (Å²) >= 11 is 12.3. The van der Waals surface area contributed by atoms with Gasteiger partial charge in [0.2, 0.25) is 0 Å². The highest BCUT2D eigenvalue weighted by atomic mass is 79.9. The fourth-order valence-corrected chi connectivity index (χ4v) is 2.44. The number of hydrogen-bond acceptors (Lipinski definition) is 2. The van der Waals surface area contributed by atoms with Crippen molar-refractivity contribution in [2.75, 3.05) is 0 Å². The van der Waals surface area contributed by atoms with Gasteiger partial charge in [-0.2, -0.15) is 0 Å². The quantitative estimate of drug-likeness (QED) is 0.767. The van der Waals surface area contributed by atoms with Crippen LogP contribution < -0.4 is 5.73 Å². The van der Waals surface area contributed by atoms with Crippen LogP contribution in [0.15, 0.2) is 38.0 Å². The number of nitrogens with two attached hydrogens (primary N) is 1. The molecule has 2 rings (SSSR count). The molecule has 0 saturated heterocycles. The van der Waals surface area contributed by atoms with E-state index in [1.54, 1.807) is 6.07 Å². The second-order valence-electron chi connectivity index (χ2n) is 3.42. The molecule has 1 atom stereocenters. The van der Waals surface area contributed by atoms with Crippen molar-refractivity contribution in [2.24, 2.45) is 5.73 Å². The van der Waals surface area contributed by atoms with Crippen LogP contribution in [0.4, 0.5) is 4.39 Å². The van der Waals surface area contributed by atoms with Crippen molar-refractivity contribution in [3.63, 3.8) is 0 Å². The maximum Gasteiger partial charge on any atom is 0.174 e. The highest BCUT2D eigenvalue weighted by molar-refractivity contribution is 9.10. The van der Waals surface area contributed by atoms with Crippen LogP contribution in [0, 0.1) is 5.82 Å². The molecular formula is C11H7Br2ClFNO. The second-order valence-corrected chi connectivity index (χ2v) is 5.40. The van der Waals surface area contributed by atoms with E-state index in [0.717, 1.165) is 0 Å². The van der Waals surface area contributed by atoms with E-state index in [1.165, 1.54) is 18.4 Å². The van der Waals surface area contributed by atoms with Gasteiger partial charge in [0, 0.05) is 15.6 Å². The van der Waals surface area contributed by atoms with Gasteiger partial charge in [-0.05, 0) is 50.1 Å². The Morgan fingerprint density at radius 1 is 1.29 bits per heavy atom. The van der Waals surface area contributed by atoms with Gasteiger partial charge in [0.25, 0.3) is 0 Å². The molecule has 0 aliphatic rings. The molecule has 1 heterocycles. The lowest BCUT2D eigenvalue weighted by molar-refractivity contribution is 0.532. The van der Waals surface area contributed by atoms with Crippen molar-refractivity contribution in [2.45, 2.75) is 6.04 Å². The Hall–Kier alpha value is -0.360. The molecule has 2 aromatic rings. The van der Waals surface area contributed by atoms with Crippen LogP contribution in [0.3, 0.4) is 0 Å². The Labute approximate surface area is 119 Å². The van der Waals surface area contributed by atoms with Gasteiger partial charge in [0.1, 0.15) is 5.82 Å². The zero-order valence-corrected chi connectivity index (χ0v) is 12.3. The third-order valence-corrected chi connectivity index (χ3v) is 4.20. The third-order valence-electron chi connectivity index (χ3n) is 2.36. The first-order valence-electron chi connectivity index (χ1n) is 4.63. The Balaban J connectivity index is 2.48. The molecule has 0 amide bonds. The second kappa shape index (κ2) is 5.10. The molecule has 2 nitrogen and oxygen atoms in total. The van der Waals surface area contributed by atoms with Gasteiger partial charge in [0.05, 0.1) is 17.3 Å². The molecule has 2 N–H and O–H groups in total. The number of hydrogen-bond donors (Lipinski definition) is 1. The summed E-state index contributed by atoms with van der Waals surface area (Å²) in [7, 11) is 0. The van der Waals surface area contributed by atoms with Crippen LogP contribution in [-0.4, -0.2) is 0 Å². The summed E-state index contributed by atoms with van der Waals surface area (Å²) in [6.45, 7) is 0. The smallest absolute Gasteiger partial charge is 0.174 e. The molecule has 0 bridgehead atoms. The normalized spacial score (nSPS) is 12.8. The van der Waals surface area contributed by atoms with Crippen molar-refractivity contribution in [3.05, 3.63) is 55.6 Å². The van der Waals surface area contributed by atoms with Gasteiger partial charge in [-0.1, -0.05) is 11.6 Å². The summed E-state index contributed by atoms with van der Waals surface area (Å²) in [6, 6.07) is 3.86. The van der Waals surface area contributed by atoms with E-state index < -0.39 is 11.9 Å². The van der Waals surface area contributed by atoms with Crippen LogP contribution >= 0.6 is 43.5 Å². The largest absolute Gasteiger partial charge is 0.457 e. The van der Waals surface area contributed by atoms with Crippen molar-refractivity contribution >= 4 is 43.5 Å². The van der Waals surface area contributed by atoms with Crippen LogP contribution in [0.25, 0.3) is 0 Å². The van der Waals surface area contributed by atoms with Crippen molar-refractivity contribution < 1.29 is 8.81 Å². The summed E-state index contributed by atoms with van der Waals surface area (Å²) in [4.78, 5) is 0. The lowest BCUT2D eigenvalue weighted by Gasteiger charge is -2.13. The van der Waals surface area contributed by atoms with Gasteiger partial charge in [-0.25, -0.2) is 4.39 Å². The van der Waals surface area contributed by atoms with Gasteiger partial charge < -0.3 is 10.2 Å². The number of furan rings is 1. The zero-order valence-electron chi connectivity index (χ0n) is 8.38. The number of rotatable bonds is 2. The van der Waals surface area contributed by atoms with E-state index in [9.17, 15) is 4.39 Å². The maximum absolute atomic E-state index is 13.8. The van der Waals surface area contributed by atoms with Crippen LogP contribution in [0.1, 0.15) is 17.2 Å². The minimum absolute atomic E-state index is 0.320. The summed E-state index contributed by atoms with van der Waals surface area (Å²) in [6.07, 6.45) is 1.48. The van der Waals surface area contributed by atoms with Gasteiger partial charge >= 0.3 is 0 Å². The molecule has 1 aromatic carbocycles. The average Bonchev–Trinajstić information content (AvgIpc) is 2.69. The average molecular weight is 383 g/mol. The predicted molar refractivity (Wildman–Crippen MR) is 71.5 cm³/mol. The molecule has 1 aromatic heterocycles. The van der Waals surface area contributed by atoms with E-state index in [0.29, 0.717) is 25.3 Å². The van der Waals surface area contributed by atoms with Crippen LogP contribution in [0.2, 0.25) is 5.02 Å². The topological polar surface area (TPSA) is 39.2 Å². The lowest BCUT2D eigenvalue weighted by atomic mass is 10.0. The van der Waals surface area contributed by atoms with Crippen molar-refractivity contribution in [3.8, 4) is 0 Å². The Morgan fingerprint density at radius 3 is 2.59 bits per heavy atom. The fraction of sp³-hybridized carbons (Fsp3) is 0.0909. The van der Waals surface area contributed by atoms with Crippen molar-refractivity contribution in [1.29, 1.82) is 0 Å². The van der Waals surface area contributed by atoms with Crippen molar-refractivity contribution in [1.82, 2.24) is 0 Å². The Kier molecular flexibility index (Phi) is 3.92. The molecule has 6 heteroatoms. The first-order valence-corrected chi connectivity index (χ1v) is 6.60. The molecule has 0 aliphatic heterocycles. The minimum atomic E-state index is -0.631. The van der Waals surface area contributed by atoms with Gasteiger partial charge in [-0.15, -0.1) is 0 Å². The molecule has 1 unspecified atom stereocenters. The van der Waals surface area contributed by atoms with Gasteiger partial charge in [-0.3, -0.25) is 0 Å². The van der Waals surface area contributed by atoms with Crippen LogP contribution in [0.5, 0.6) is 0 Å². The Morgan fingerprint density at radius 2 is 2.00 bits per heavy atom. The van der Waals surface area contributed by atoms with Crippen LogP contribution in [-0.2, 0) is 0 Å². The highest BCUT2D eigenvalue weighted by Gasteiger charge is 2.19. The number of halogens is 4. The van der Waals surface area contributed by atoms with E-state index in [1.807, 2.05) is 0 Å². The standard InChI is InChI=1S/C11H7Br2ClFNO/c12-7-4-9(15)6(3-8(7)14)10(16)5-1-2-17-11(5)13/h1-4,10H,16H2. The Bertz CT molecular complexity index is 558. The predicted octanol–water partition coefficient (Wildman–Crippen LogP) is 4.65.